The Balaban J connectivity index is 2.09. The quantitative estimate of drug-likeness (QED) is 0.542. The fourth-order valence-corrected chi connectivity index (χ4v) is 3.39. The van der Waals surface area contributed by atoms with E-state index in [1.54, 1.807) is 22.8 Å². The highest BCUT2D eigenvalue weighted by Gasteiger charge is 2.12. The molecule has 21 heavy (non-hydrogen) atoms. The van der Waals surface area contributed by atoms with Gasteiger partial charge in [-0.05, 0) is 49.2 Å². The van der Waals surface area contributed by atoms with Gasteiger partial charge in [-0.1, -0.05) is 11.3 Å². The second-order valence-electron chi connectivity index (χ2n) is 5.09. The molecule has 4 rings (SSSR count). The van der Waals surface area contributed by atoms with E-state index < -0.39 is 0 Å². The van der Waals surface area contributed by atoms with Crippen LogP contribution in [0.1, 0.15) is 16.9 Å². The molecule has 0 aliphatic rings. The molecule has 0 unspecified atom stereocenters. The highest BCUT2D eigenvalue weighted by molar-refractivity contribution is 7.15. The fraction of sp³-hybridized carbons (Fsp3) is 0.125. The Morgan fingerprint density at radius 2 is 2.10 bits per heavy atom. The number of benzene rings is 1. The molecule has 104 valence electrons. The molecule has 3 aromatic heterocycles. The third-order valence-corrected chi connectivity index (χ3v) is 4.64. The van der Waals surface area contributed by atoms with Gasteiger partial charge in [-0.15, -0.1) is 0 Å². The van der Waals surface area contributed by atoms with Crippen molar-refractivity contribution in [2.45, 2.75) is 13.8 Å². The van der Waals surface area contributed by atoms with Gasteiger partial charge in [0, 0.05) is 6.08 Å². The van der Waals surface area contributed by atoms with Crippen molar-refractivity contribution in [3.05, 3.63) is 62.3 Å². The van der Waals surface area contributed by atoms with Gasteiger partial charge in [0.15, 0.2) is 4.96 Å². The Morgan fingerprint density at radius 1 is 1.29 bits per heavy atom. The Labute approximate surface area is 124 Å². The van der Waals surface area contributed by atoms with Gasteiger partial charge in [0.2, 0.25) is 0 Å². The van der Waals surface area contributed by atoms with Gasteiger partial charge in [-0.25, -0.2) is 9.38 Å². The molecule has 5 heteroatoms. The van der Waals surface area contributed by atoms with Crippen LogP contribution in [0.2, 0.25) is 0 Å². The van der Waals surface area contributed by atoms with E-state index in [0.29, 0.717) is 10.3 Å². The molecule has 0 spiro atoms. The van der Waals surface area contributed by atoms with Crippen LogP contribution in [-0.2, 0) is 0 Å². The molecule has 0 radical (unpaired) electrons. The van der Waals surface area contributed by atoms with Gasteiger partial charge >= 0.3 is 0 Å². The summed E-state index contributed by atoms with van der Waals surface area (Å²) in [5.74, 6) is 0.674. The van der Waals surface area contributed by atoms with Crippen LogP contribution in [0.15, 0.2) is 39.7 Å². The zero-order valence-corrected chi connectivity index (χ0v) is 12.4. The molecule has 0 amide bonds. The zero-order chi connectivity index (χ0) is 14.6. The smallest absolute Gasteiger partial charge is 0.275 e. The van der Waals surface area contributed by atoms with Crippen LogP contribution in [0.3, 0.4) is 0 Å². The molecule has 3 heterocycles. The maximum absolute atomic E-state index is 12.6. The molecule has 0 aliphatic heterocycles. The number of aromatic nitrogens is 2. The van der Waals surface area contributed by atoms with Crippen molar-refractivity contribution in [3.63, 3.8) is 0 Å². The molecule has 0 atom stereocenters. The van der Waals surface area contributed by atoms with Crippen molar-refractivity contribution in [3.8, 4) is 0 Å². The van der Waals surface area contributed by atoms with Crippen LogP contribution in [0.5, 0.6) is 0 Å². The molecular weight excluding hydrogens is 284 g/mol. The monoisotopic (exact) mass is 296 g/mol. The summed E-state index contributed by atoms with van der Waals surface area (Å²) in [6.45, 7) is 4.09. The van der Waals surface area contributed by atoms with E-state index in [1.807, 2.05) is 25.1 Å². The molecule has 0 N–H and O–H groups in total. The van der Waals surface area contributed by atoms with Crippen molar-refractivity contribution >= 4 is 33.4 Å². The highest BCUT2D eigenvalue weighted by atomic mass is 32.1. The summed E-state index contributed by atoms with van der Waals surface area (Å²) in [5, 5.41) is 0. The predicted octanol–water partition coefficient (Wildman–Crippen LogP) is 2.67. The lowest BCUT2D eigenvalue weighted by atomic mass is 10.1. The van der Waals surface area contributed by atoms with E-state index in [2.05, 4.69) is 11.9 Å². The third-order valence-electron chi connectivity index (χ3n) is 3.67. The van der Waals surface area contributed by atoms with Crippen LogP contribution in [0.4, 0.5) is 0 Å². The minimum Gasteiger partial charge on any atom is -0.465 e. The Kier molecular flexibility index (Phi) is 2.53. The molecular formula is C16H12N2O2S. The Hall–Kier alpha value is -2.40. The minimum absolute atomic E-state index is 0.0443. The Bertz CT molecular complexity index is 1070. The van der Waals surface area contributed by atoms with E-state index >= 15 is 0 Å². The van der Waals surface area contributed by atoms with Gasteiger partial charge in [0.1, 0.15) is 10.3 Å². The van der Waals surface area contributed by atoms with Crippen LogP contribution >= 0.6 is 11.3 Å². The van der Waals surface area contributed by atoms with E-state index in [4.69, 9.17) is 4.42 Å². The summed E-state index contributed by atoms with van der Waals surface area (Å²) < 4.78 is 7.58. The summed E-state index contributed by atoms with van der Waals surface area (Å²) in [5.41, 5.74) is 4.03. The number of furan rings is 1. The zero-order valence-electron chi connectivity index (χ0n) is 11.6. The van der Waals surface area contributed by atoms with Crippen LogP contribution in [0, 0.1) is 13.8 Å². The van der Waals surface area contributed by atoms with E-state index in [1.165, 1.54) is 16.9 Å². The number of fused-ring (bicyclic) bond motifs is 3. The van der Waals surface area contributed by atoms with E-state index in [-0.39, 0.29) is 5.56 Å². The first kappa shape index (κ1) is 12.3. The second kappa shape index (κ2) is 4.30. The van der Waals surface area contributed by atoms with Crippen LogP contribution in [-0.4, -0.2) is 9.38 Å². The lowest BCUT2D eigenvalue weighted by Gasteiger charge is -1.98. The van der Waals surface area contributed by atoms with Gasteiger partial charge in [-0.2, -0.15) is 0 Å². The molecule has 0 bridgehead atoms. The average Bonchev–Trinajstić information content (AvgIpc) is 3.12. The number of hydrogen-bond acceptors (Lipinski definition) is 4. The van der Waals surface area contributed by atoms with Gasteiger partial charge in [0.05, 0.1) is 17.3 Å². The summed E-state index contributed by atoms with van der Waals surface area (Å²) in [6.07, 6.45) is 3.35. The van der Waals surface area contributed by atoms with Crippen molar-refractivity contribution in [2.24, 2.45) is 0 Å². The minimum atomic E-state index is -0.0443. The van der Waals surface area contributed by atoms with Crippen molar-refractivity contribution in [1.29, 1.82) is 0 Å². The molecule has 0 fully saturated rings. The first-order chi connectivity index (χ1) is 10.1. The molecule has 4 aromatic rings. The third kappa shape index (κ3) is 1.81. The topological polar surface area (TPSA) is 47.5 Å². The number of rotatable bonds is 1. The normalized spacial score (nSPS) is 12.8. The number of thiazole rings is 1. The van der Waals surface area contributed by atoms with E-state index in [0.717, 1.165) is 21.6 Å². The summed E-state index contributed by atoms with van der Waals surface area (Å²) >= 11 is 1.38. The molecule has 0 aliphatic carbocycles. The first-order valence-electron chi connectivity index (χ1n) is 6.61. The largest absolute Gasteiger partial charge is 0.465 e. The summed E-state index contributed by atoms with van der Waals surface area (Å²) in [7, 11) is 0. The van der Waals surface area contributed by atoms with Gasteiger partial charge in [-0.3, -0.25) is 4.79 Å². The number of nitrogens with zero attached hydrogens (tertiary/aromatic N) is 2. The molecule has 0 saturated heterocycles. The fourth-order valence-electron chi connectivity index (χ4n) is 2.42. The number of aryl methyl sites for hydroxylation is 2. The number of hydrogen-bond donors (Lipinski definition) is 0. The van der Waals surface area contributed by atoms with Gasteiger partial charge in [0.25, 0.3) is 5.56 Å². The predicted molar refractivity (Wildman–Crippen MR) is 83.8 cm³/mol. The van der Waals surface area contributed by atoms with Crippen molar-refractivity contribution in [1.82, 2.24) is 9.38 Å². The van der Waals surface area contributed by atoms with Crippen LogP contribution < -0.4 is 10.1 Å². The SMILES string of the molecule is Cc1cc2nc3sc(=Cc4ccco4)c(=O)n3c2cc1C. The lowest BCUT2D eigenvalue weighted by molar-refractivity contribution is 0.556. The first-order valence-corrected chi connectivity index (χ1v) is 7.42. The maximum Gasteiger partial charge on any atom is 0.275 e. The van der Waals surface area contributed by atoms with E-state index in [9.17, 15) is 4.79 Å². The molecule has 1 aromatic carbocycles. The second-order valence-corrected chi connectivity index (χ2v) is 6.10. The molecule has 4 nitrogen and oxygen atoms in total. The summed E-state index contributed by atoms with van der Waals surface area (Å²) in [6, 6.07) is 7.68. The van der Waals surface area contributed by atoms with Crippen molar-refractivity contribution in [2.75, 3.05) is 0 Å². The lowest BCUT2D eigenvalue weighted by Crippen LogP contribution is -2.22. The van der Waals surface area contributed by atoms with Crippen LogP contribution in [0.25, 0.3) is 22.1 Å². The maximum atomic E-state index is 12.6. The van der Waals surface area contributed by atoms with Gasteiger partial charge < -0.3 is 4.42 Å². The van der Waals surface area contributed by atoms with Crippen molar-refractivity contribution < 1.29 is 4.42 Å². The summed E-state index contributed by atoms with van der Waals surface area (Å²) in [4.78, 5) is 17.9. The average molecular weight is 296 g/mol. The number of imidazole rings is 1. The highest BCUT2D eigenvalue weighted by Crippen LogP contribution is 2.20. The standard InChI is InChI=1S/C16H12N2O2S/c1-9-6-12-13(7-10(9)2)18-15(19)14(21-16(18)17-12)8-11-4-3-5-20-11/h3-8H,1-2H3. The Morgan fingerprint density at radius 3 is 2.86 bits per heavy atom. The molecule has 0 saturated carbocycles.